The molecule has 0 aliphatic carbocycles. The summed E-state index contributed by atoms with van der Waals surface area (Å²) in [6.07, 6.45) is 6.78. The van der Waals surface area contributed by atoms with Crippen molar-refractivity contribution in [3.63, 3.8) is 0 Å². The number of likely N-dealkylation sites (tertiary alicyclic amines) is 1. The van der Waals surface area contributed by atoms with E-state index in [0.717, 1.165) is 62.0 Å². The largest absolute Gasteiger partial charge is 0.492 e. The number of carbonyl (C=O) groups excluding carboxylic acids is 7. The highest BCUT2D eigenvalue weighted by Crippen LogP contribution is 2.49. The molecule has 1 spiro atoms. The number of nitrogens with zero attached hydrogens (tertiary/aromatic N) is 4. The van der Waals surface area contributed by atoms with Crippen LogP contribution in [0.3, 0.4) is 0 Å². The van der Waals surface area contributed by atoms with Gasteiger partial charge in [0, 0.05) is 66.8 Å². The zero-order chi connectivity index (χ0) is 46.9. The molecule has 4 fully saturated rings. The van der Waals surface area contributed by atoms with Gasteiger partial charge in [0.1, 0.15) is 36.2 Å². The molecule has 6 N–H and O–H groups in total. The topological polar surface area (TPSA) is 261 Å². The lowest BCUT2D eigenvalue weighted by molar-refractivity contribution is -0.145. The van der Waals surface area contributed by atoms with Crippen molar-refractivity contribution in [2.24, 2.45) is 11.5 Å². The van der Waals surface area contributed by atoms with Crippen molar-refractivity contribution >= 4 is 51.2 Å². The summed E-state index contributed by atoms with van der Waals surface area (Å²) in [5, 5.41) is 5.28. The first-order valence-corrected chi connectivity index (χ1v) is 24.9. The summed E-state index contributed by atoms with van der Waals surface area (Å²) in [5.41, 5.74) is 14.2. The van der Waals surface area contributed by atoms with Crippen LogP contribution in [-0.4, -0.2) is 152 Å². The van der Waals surface area contributed by atoms with E-state index >= 15 is 0 Å². The Balaban J connectivity index is 0.787. The molecule has 2 aromatic rings. The monoisotopic (exact) mass is 932 g/mol. The van der Waals surface area contributed by atoms with Gasteiger partial charge in [0.15, 0.2) is 9.84 Å². The molecule has 8 rings (SSSR count). The standard InChI is InChI=1S/C46H60N8O11S/c1-66(62,63)31-6-4-5-30(23-31)64-26-28(8-14-38(48)55)49-43(59)37-12-9-29-16-20-52(25-35(47)45(61)54(29)37)40(57)7-2-3-19-51-21-17-46(18-22-51)27-65-41-33-24-53(36-13-15-39(56)50-42(36)58)44(60)32(33)10-11-34(41)46/h4-6,10-11,23,28-29,35-37H,2-3,7-9,12-22,24-27,47H2,1H3,(H2,48,55)(H,49,59)(H,50,56,58)/t28-,29+,35-,36-,37-/m0/s1. The SMILES string of the molecule is CS(=O)(=O)c1cccc(OC[C@H](CCC(N)=O)NC(=O)[C@@H]2CC[C@@H]3CCN(C(=O)CCCCN4CCC5(CC4)COc4c5ccc5c4CN([C@H]4CCC(=O)NC4=O)C5=O)C[C@H](N)C(=O)N32)c1. The van der Waals surface area contributed by atoms with Crippen LogP contribution in [-0.2, 0) is 50.6 Å². The Morgan fingerprint density at radius 2 is 1.79 bits per heavy atom. The normalized spacial score (nSPS) is 24.5. The summed E-state index contributed by atoms with van der Waals surface area (Å²) in [4.78, 5) is 97.8. The number of rotatable bonds is 15. The second-order valence-corrected chi connectivity index (χ2v) is 20.7. The molecule has 0 bridgehead atoms. The van der Waals surface area contributed by atoms with Gasteiger partial charge in [-0.25, -0.2) is 8.42 Å². The van der Waals surface area contributed by atoms with Crippen molar-refractivity contribution in [3.8, 4) is 11.5 Å². The van der Waals surface area contributed by atoms with Crippen molar-refractivity contribution in [1.29, 1.82) is 0 Å². The Kier molecular flexibility index (Phi) is 13.7. The van der Waals surface area contributed by atoms with E-state index in [-0.39, 0.29) is 78.8 Å². The molecular formula is C46H60N8O11S. The fourth-order valence-corrected chi connectivity index (χ4v) is 11.2. The van der Waals surface area contributed by atoms with Gasteiger partial charge < -0.3 is 45.9 Å². The summed E-state index contributed by atoms with van der Waals surface area (Å²) in [6, 6.07) is 6.39. The minimum absolute atomic E-state index is 0.0300. The second kappa shape index (κ2) is 19.3. The summed E-state index contributed by atoms with van der Waals surface area (Å²) in [7, 11) is -3.48. The van der Waals surface area contributed by atoms with Gasteiger partial charge in [0.05, 0.1) is 24.1 Å². The molecular weight excluding hydrogens is 873 g/mol. The van der Waals surface area contributed by atoms with Gasteiger partial charge in [0.2, 0.25) is 35.4 Å². The molecule has 66 heavy (non-hydrogen) atoms. The Bertz CT molecular complexity index is 2390. The number of sulfone groups is 1. The highest BCUT2D eigenvalue weighted by Gasteiger charge is 2.48. The quantitative estimate of drug-likeness (QED) is 0.140. The molecule has 6 aliphatic rings. The van der Waals surface area contributed by atoms with Crippen LogP contribution in [0.4, 0.5) is 0 Å². The maximum absolute atomic E-state index is 13.8. The number of hydrogen-bond donors (Lipinski definition) is 4. The Labute approximate surface area is 384 Å². The van der Waals surface area contributed by atoms with Gasteiger partial charge in [0.25, 0.3) is 5.91 Å². The summed E-state index contributed by atoms with van der Waals surface area (Å²) < 4.78 is 36.3. The van der Waals surface area contributed by atoms with Crippen molar-refractivity contribution in [3.05, 3.63) is 53.1 Å². The second-order valence-electron chi connectivity index (χ2n) is 18.7. The van der Waals surface area contributed by atoms with E-state index in [4.69, 9.17) is 20.9 Å². The number of nitrogens with two attached hydrogens (primary N) is 2. The van der Waals surface area contributed by atoms with Gasteiger partial charge in [-0.1, -0.05) is 12.1 Å². The average molecular weight is 933 g/mol. The zero-order valence-corrected chi connectivity index (χ0v) is 38.2. The first kappa shape index (κ1) is 46.9. The number of unbranched alkanes of at least 4 members (excludes halogenated alkanes) is 1. The van der Waals surface area contributed by atoms with Gasteiger partial charge in [-0.15, -0.1) is 0 Å². The van der Waals surface area contributed by atoms with Crippen LogP contribution in [0.1, 0.15) is 98.5 Å². The first-order valence-electron chi connectivity index (χ1n) is 23.0. The van der Waals surface area contributed by atoms with E-state index in [0.29, 0.717) is 57.2 Å². The number of amides is 7. The minimum Gasteiger partial charge on any atom is -0.492 e. The van der Waals surface area contributed by atoms with Crippen molar-refractivity contribution in [1.82, 2.24) is 30.2 Å². The van der Waals surface area contributed by atoms with E-state index in [9.17, 15) is 42.0 Å². The molecule has 4 saturated heterocycles. The summed E-state index contributed by atoms with van der Waals surface area (Å²) in [5.74, 6) is -1.38. The van der Waals surface area contributed by atoms with Gasteiger partial charge >= 0.3 is 0 Å². The number of carbonyl (C=O) groups is 7. The fourth-order valence-electron chi connectivity index (χ4n) is 10.6. The average Bonchev–Trinajstić information content (AvgIpc) is 3.97. The number of benzene rings is 2. The molecule has 7 amide bonds. The van der Waals surface area contributed by atoms with Crippen LogP contribution in [0.5, 0.6) is 11.5 Å². The minimum atomic E-state index is -3.48. The predicted octanol–water partition coefficient (Wildman–Crippen LogP) is 0.496. The van der Waals surface area contributed by atoms with E-state index in [1.54, 1.807) is 26.8 Å². The van der Waals surface area contributed by atoms with Gasteiger partial charge in [-0.2, -0.15) is 0 Å². The molecule has 6 heterocycles. The van der Waals surface area contributed by atoms with Crippen molar-refractivity contribution in [2.75, 3.05) is 52.2 Å². The third-order valence-corrected chi connectivity index (χ3v) is 15.4. The van der Waals surface area contributed by atoms with E-state index in [1.807, 2.05) is 12.1 Å². The van der Waals surface area contributed by atoms with Crippen molar-refractivity contribution in [2.45, 2.75) is 124 Å². The molecule has 19 nitrogen and oxygen atoms in total. The van der Waals surface area contributed by atoms with E-state index < -0.39 is 57.6 Å². The molecule has 6 aliphatic heterocycles. The van der Waals surface area contributed by atoms with Crippen LogP contribution in [0.2, 0.25) is 0 Å². The Morgan fingerprint density at radius 3 is 2.53 bits per heavy atom. The van der Waals surface area contributed by atoms with E-state index in [2.05, 4.69) is 15.5 Å². The lowest BCUT2D eigenvalue weighted by atomic mass is 9.74. The van der Waals surface area contributed by atoms with E-state index in [1.165, 1.54) is 12.1 Å². The maximum atomic E-state index is 13.8. The van der Waals surface area contributed by atoms with Crippen LogP contribution in [0.15, 0.2) is 41.3 Å². The summed E-state index contributed by atoms with van der Waals surface area (Å²) >= 11 is 0. The molecule has 2 aromatic carbocycles. The highest BCUT2D eigenvalue weighted by molar-refractivity contribution is 7.90. The zero-order valence-electron chi connectivity index (χ0n) is 37.3. The first-order chi connectivity index (χ1) is 31.5. The molecule has 20 heteroatoms. The summed E-state index contributed by atoms with van der Waals surface area (Å²) in [6.45, 7) is 3.74. The maximum Gasteiger partial charge on any atom is 0.255 e. The molecule has 5 atom stereocenters. The smallest absolute Gasteiger partial charge is 0.255 e. The third-order valence-electron chi connectivity index (χ3n) is 14.3. The van der Waals surface area contributed by atoms with Crippen LogP contribution in [0.25, 0.3) is 0 Å². The number of nitrogens with one attached hydrogen (secondary N) is 2. The van der Waals surface area contributed by atoms with Gasteiger partial charge in [-0.05, 0) is 102 Å². The van der Waals surface area contributed by atoms with Crippen LogP contribution in [0, 0.1) is 0 Å². The highest BCUT2D eigenvalue weighted by atomic mass is 32.2. The predicted molar refractivity (Wildman–Crippen MR) is 237 cm³/mol. The van der Waals surface area contributed by atoms with Crippen LogP contribution >= 0.6 is 0 Å². The number of hydrogen-bond acceptors (Lipinski definition) is 13. The number of piperidine rings is 2. The molecule has 0 aromatic heterocycles. The molecule has 0 radical (unpaired) electrons. The lowest BCUT2D eigenvalue weighted by Crippen LogP contribution is -2.60. The molecule has 356 valence electrons. The lowest BCUT2D eigenvalue weighted by Gasteiger charge is -2.38. The molecule has 0 unspecified atom stereocenters. The number of primary amides is 1. The van der Waals surface area contributed by atoms with Crippen molar-refractivity contribution < 1.29 is 51.5 Å². The Hall–Kier alpha value is -5.60. The Morgan fingerprint density at radius 1 is 1.00 bits per heavy atom. The number of fused-ring (bicyclic) bond motifs is 5. The number of ether oxygens (including phenoxy) is 2. The van der Waals surface area contributed by atoms with Crippen LogP contribution < -0.4 is 31.6 Å². The van der Waals surface area contributed by atoms with Gasteiger partial charge in [-0.3, -0.25) is 38.9 Å². The number of imide groups is 1. The molecule has 0 saturated carbocycles. The fraction of sp³-hybridized carbons (Fsp3) is 0.587. The third kappa shape index (κ3) is 9.90.